The van der Waals surface area contributed by atoms with Gasteiger partial charge in [0.2, 0.25) is 23.6 Å². The van der Waals surface area contributed by atoms with Crippen molar-refractivity contribution in [1.29, 1.82) is 5.53 Å². The molecule has 3 fully saturated rings. The van der Waals surface area contributed by atoms with E-state index in [-0.39, 0.29) is 268 Å². The first kappa shape index (κ1) is 119. The molecule has 4 heterocycles. The smallest absolute Gasteiger partial charge is 0.471 e. The third-order valence-corrected chi connectivity index (χ3v) is 20.7. The summed E-state index contributed by atoms with van der Waals surface area (Å²) in [7, 11) is 0. The maximum Gasteiger partial charge on any atom is 0.471 e. The first-order valence-corrected chi connectivity index (χ1v) is 44.6. The van der Waals surface area contributed by atoms with Crippen LogP contribution in [-0.4, -0.2) is 422 Å². The molecular weight excluding hydrogens is 1890 g/mol. The number of benzene rings is 2. The number of fused-ring (bicyclic) bond motifs is 1. The largest absolute Gasteiger partial charge is 0.505 e. The van der Waals surface area contributed by atoms with E-state index in [9.17, 15) is 113 Å². The SMILES string of the molecule is C[C@@H]1O[C@H](COCCOCCOCCOCCNC(=O)CCOCC(COCCC(=O)NCCOCCOCCOCCOC[C@H]2O[C@@H](C)[C@H](NC(=O)C(F)(F)F)[C@@H](O)[C@H]2O)(COCCC(=O)NCCOCCOCCOCCOC[C@H]2O[C@@H](C)[C@H](NC(=O)C(F)(F)F)[C@@H](O)[C@H]2O)NC(=O)CCCOc2ccc3nc(/C(=C/Nc4ccc(O)c(F)c4)N=N)ccc3c2)[C@H](O)[C@H](O)[C@H]1NC(=O)C(F)(F)F. The Morgan fingerprint density at radius 2 is 0.763 bits per heavy atom. The van der Waals surface area contributed by atoms with E-state index in [1.807, 2.05) is 0 Å². The number of aliphatic hydroxyl groups excluding tert-OH is 6. The van der Waals surface area contributed by atoms with Gasteiger partial charge in [-0.3, -0.25) is 33.6 Å². The Balaban J connectivity index is 0.954. The molecule has 0 aliphatic carbocycles. The van der Waals surface area contributed by atoms with Crippen LogP contribution in [0.5, 0.6) is 11.5 Å². The quantitative estimate of drug-likeness (QED) is 0.0153. The van der Waals surface area contributed by atoms with E-state index >= 15 is 0 Å². The topological polar surface area (TPSA) is 582 Å². The van der Waals surface area contributed by atoms with Crippen LogP contribution in [0, 0.1) is 11.3 Å². The number of carbonyl (C=O) groups excluding carboxylic acids is 7. The minimum atomic E-state index is -5.21. The highest BCUT2D eigenvalue weighted by Crippen LogP contribution is 2.30. The minimum Gasteiger partial charge on any atom is -0.505 e. The zero-order valence-electron chi connectivity index (χ0n) is 76.9. The summed E-state index contributed by atoms with van der Waals surface area (Å²) in [5.41, 5.74) is 7.41. The molecule has 0 bridgehead atoms. The van der Waals surface area contributed by atoms with Gasteiger partial charge in [0.05, 0.1) is 252 Å². The molecule has 2 aromatic carbocycles. The normalized spacial score (nSPS) is 22.0. The third kappa shape index (κ3) is 45.6. The lowest BCUT2D eigenvalue weighted by Crippen LogP contribution is -2.64. The molecule has 3 aliphatic rings. The van der Waals surface area contributed by atoms with Gasteiger partial charge >= 0.3 is 36.3 Å². The number of aromatic nitrogens is 1. The molecule has 6 rings (SSSR count). The van der Waals surface area contributed by atoms with Gasteiger partial charge in [0, 0.05) is 68.7 Å². The first-order valence-electron chi connectivity index (χ1n) is 44.6. The fourth-order valence-electron chi connectivity index (χ4n) is 13.4. The second-order valence-corrected chi connectivity index (χ2v) is 31.6. The number of anilines is 1. The van der Waals surface area contributed by atoms with Crippen LogP contribution in [0.2, 0.25) is 0 Å². The van der Waals surface area contributed by atoms with Crippen molar-refractivity contribution in [3.63, 3.8) is 0 Å². The number of ether oxygens (including phenoxy) is 19. The Labute approximate surface area is 792 Å². The van der Waals surface area contributed by atoms with E-state index in [0.717, 1.165) is 12.1 Å². The summed E-state index contributed by atoms with van der Waals surface area (Å²) in [5, 5.41) is 95.0. The summed E-state index contributed by atoms with van der Waals surface area (Å²) < 4.78 is 236. The maximum absolute atomic E-state index is 14.2. The van der Waals surface area contributed by atoms with Crippen LogP contribution >= 0.6 is 0 Å². The molecule has 15 atom stereocenters. The van der Waals surface area contributed by atoms with E-state index < -0.39 is 168 Å². The molecule has 0 spiro atoms. The predicted molar refractivity (Wildman–Crippen MR) is 460 cm³/mol. The average Bonchev–Trinajstić information content (AvgIpc) is 0.812. The number of alkyl halides is 9. The van der Waals surface area contributed by atoms with Crippen molar-refractivity contribution in [3.05, 3.63) is 66.2 Å². The summed E-state index contributed by atoms with van der Waals surface area (Å²) in [6, 6.07) is 7.45. The number of carbonyl (C=O) groups is 7. The molecular formula is C85H127F10N11O33. The lowest BCUT2D eigenvalue weighted by atomic mass is 9.93. The number of aromatic hydroxyl groups is 1. The highest BCUT2D eigenvalue weighted by Gasteiger charge is 2.51. The van der Waals surface area contributed by atoms with Crippen molar-refractivity contribution in [2.75, 3.05) is 230 Å². The molecule has 3 aromatic rings. The number of amides is 7. The number of hydrogen-bond acceptors (Lipinski definition) is 37. The molecule has 0 radical (unpaired) electrons. The predicted octanol–water partition coefficient (Wildman–Crippen LogP) is -0.0285. The molecule has 16 N–H and O–H groups in total. The van der Waals surface area contributed by atoms with Crippen molar-refractivity contribution < 1.29 is 203 Å². The summed E-state index contributed by atoms with van der Waals surface area (Å²) in [5.74, 6) is -9.68. The fourth-order valence-corrected chi connectivity index (χ4v) is 13.4. The summed E-state index contributed by atoms with van der Waals surface area (Å²) in [4.78, 5) is 92.3. The van der Waals surface area contributed by atoms with Gasteiger partial charge in [-0.25, -0.2) is 14.9 Å². The van der Waals surface area contributed by atoms with Crippen LogP contribution in [0.3, 0.4) is 0 Å². The number of rotatable bonds is 70. The molecule has 0 saturated carbocycles. The van der Waals surface area contributed by atoms with Crippen LogP contribution in [0.25, 0.3) is 16.6 Å². The van der Waals surface area contributed by atoms with E-state index in [4.69, 9.17) is 95.5 Å². The zero-order valence-corrected chi connectivity index (χ0v) is 76.9. The standard InChI is InChI=1S/C85H127F10N11O33/c1-52-70(102-79(118)83(87,88)89)76(115)73(112)63(137-52)46-130-40-37-127-34-31-124-28-25-121-22-15-97-66(108)12-19-133-49-82(105-69(111)5-4-18-136-57-8-10-59-55(43-57)6-9-60(101-59)61(106-96)45-100-56-7-11-62(107)58(86)44-56,50-134-20-13-67(109)98-16-23-122-26-29-125-32-35-128-38-41-131-47-64-74(113)77(116)71(53(2)138-64)103-80(119)84(90,91)92)51-135-21-14-68(110)99-17-24-123-27-30-126-33-36-129-39-42-132-48-65-75(114)78(117)72(54(3)139-65)104-81(120)85(93,94)95/h6-11,43-45,52-54,63-65,70-78,96,100,107,112-117H,4-5,12-42,46-51H2,1-3H3,(H,97,108)(H,98,109)(H,99,110)(H,102,118)(H,103,119)(H,104,120)(H,105,111)/b61-45-,106-96?/t52-,53-,54-,63+,64+,65+,70-,71-,72-,73-,74-,75-,76+,77+,78+/m0/s1. The van der Waals surface area contributed by atoms with Crippen LogP contribution < -0.4 is 47.3 Å². The third-order valence-electron chi connectivity index (χ3n) is 20.7. The van der Waals surface area contributed by atoms with Gasteiger partial charge in [-0.1, -0.05) is 6.07 Å². The van der Waals surface area contributed by atoms with Crippen LogP contribution in [0.4, 0.5) is 49.6 Å². The number of halogens is 10. The Hall–Kier alpha value is -8.78. The second kappa shape index (κ2) is 64.0. The Kier molecular flexibility index (Phi) is 54.7. The summed E-state index contributed by atoms with van der Waals surface area (Å²) in [6.07, 6.45) is -31.7. The molecule has 44 nitrogen and oxygen atoms in total. The van der Waals surface area contributed by atoms with Gasteiger partial charge in [-0.05, 0) is 63.6 Å². The maximum atomic E-state index is 14.2. The van der Waals surface area contributed by atoms with Gasteiger partial charge in [-0.15, -0.1) is 0 Å². The van der Waals surface area contributed by atoms with Crippen LogP contribution in [-0.2, 0) is 119 Å². The van der Waals surface area contributed by atoms with Gasteiger partial charge in [0.25, 0.3) is 0 Å². The lowest BCUT2D eigenvalue weighted by Gasteiger charge is -2.41. The van der Waals surface area contributed by atoms with Crippen molar-refractivity contribution in [2.45, 2.75) is 168 Å². The Bertz CT molecular complexity index is 3890. The van der Waals surface area contributed by atoms with Gasteiger partial charge < -0.3 is 168 Å². The van der Waals surface area contributed by atoms with E-state index in [2.05, 4.69) is 36.7 Å². The first-order chi connectivity index (χ1) is 66.3. The Morgan fingerprint density at radius 3 is 1.10 bits per heavy atom. The fraction of sp³-hybridized carbons (Fsp3) is 0.718. The molecule has 139 heavy (non-hydrogen) atoms. The molecule has 3 saturated heterocycles. The summed E-state index contributed by atoms with van der Waals surface area (Å²) >= 11 is 0. The molecule has 3 aliphatic heterocycles. The van der Waals surface area contributed by atoms with E-state index in [1.54, 1.807) is 46.3 Å². The molecule has 790 valence electrons. The second-order valence-electron chi connectivity index (χ2n) is 31.6. The molecule has 0 unspecified atom stereocenters. The minimum absolute atomic E-state index is 0.0159. The van der Waals surface area contributed by atoms with Gasteiger partial charge in [-0.2, -0.15) is 44.6 Å². The van der Waals surface area contributed by atoms with Crippen LogP contribution in [0.1, 0.15) is 58.6 Å². The highest BCUT2D eigenvalue weighted by atomic mass is 19.4. The lowest BCUT2D eigenvalue weighted by molar-refractivity contribution is -0.204. The number of phenols is 1. The molecule has 1 aromatic heterocycles. The number of phenolic OH excluding ortho intramolecular Hbond substituents is 1. The van der Waals surface area contributed by atoms with Gasteiger partial charge in [0.1, 0.15) is 71.9 Å². The number of pyridine rings is 1. The summed E-state index contributed by atoms with van der Waals surface area (Å²) in [6.45, 7) is 4.33. The number of hydrogen-bond donors (Lipinski definition) is 16. The highest BCUT2D eigenvalue weighted by molar-refractivity contribution is 5.84. The number of aliphatic hydroxyl groups is 6. The van der Waals surface area contributed by atoms with Gasteiger partial charge in [0.15, 0.2) is 11.6 Å². The number of nitrogens with one attached hydrogen (secondary N) is 9. The van der Waals surface area contributed by atoms with Crippen molar-refractivity contribution >= 4 is 63.6 Å². The van der Waals surface area contributed by atoms with Crippen LogP contribution in [0.15, 0.2) is 59.8 Å². The zero-order chi connectivity index (χ0) is 102. The molecule has 54 heteroatoms. The molecule has 7 amide bonds. The van der Waals surface area contributed by atoms with Crippen molar-refractivity contribution in [2.24, 2.45) is 5.11 Å². The van der Waals surface area contributed by atoms with E-state index in [0.29, 0.717) is 22.3 Å². The van der Waals surface area contributed by atoms with E-state index in [1.165, 1.54) is 33.0 Å². The number of nitrogens with zero attached hydrogens (tertiary/aromatic N) is 2. The monoisotopic (exact) mass is 2020 g/mol. The Morgan fingerprint density at radius 1 is 0.417 bits per heavy atom. The average molecular weight is 2020 g/mol. The van der Waals surface area contributed by atoms with Crippen molar-refractivity contribution in [3.8, 4) is 11.5 Å². The van der Waals surface area contributed by atoms with Crippen molar-refractivity contribution in [1.82, 2.24) is 42.2 Å².